The molecule has 10 heteroatoms. The van der Waals surface area contributed by atoms with E-state index < -0.39 is 38.4 Å². The first-order chi connectivity index (χ1) is 17.4. The number of halogens is 2. The maximum Gasteiger partial charge on any atom is 0.266 e. The molecule has 2 aromatic heterocycles. The summed E-state index contributed by atoms with van der Waals surface area (Å²) >= 11 is 0. The predicted molar refractivity (Wildman–Crippen MR) is 142 cm³/mol. The Labute approximate surface area is 215 Å². The average molecular weight is 531 g/mol. The number of amides is 1. The molecule has 198 valence electrons. The number of nitrogens with zero attached hydrogens (tertiary/aromatic N) is 3. The molecule has 2 aliphatic rings. The van der Waals surface area contributed by atoms with Crippen molar-refractivity contribution in [2.45, 2.75) is 57.0 Å². The van der Waals surface area contributed by atoms with Gasteiger partial charge in [-0.25, -0.2) is 17.5 Å². The average Bonchev–Trinajstić information content (AvgIpc) is 3.42. The smallest absolute Gasteiger partial charge is 0.266 e. The molecule has 1 N–H and O–H groups in total. The molecule has 1 saturated carbocycles. The minimum atomic E-state index is -2.93. The Bertz CT molecular complexity index is 1440. The highest BCUT2D eigenvalue weighted by Crippen LogP contribution is 2.42. The highest BCUT2D eigenvalue weighted by atomic mass is 32.2. The number of hydrogen-bond donors (Lipinski definition) is 1. The van der Waals surface area contributed by atoms with Gasteiger partial charge in [0.1, 0.15) is 17.7 Å². The number of fused-ring (bicyclic) bond motifs is 1. The zero-order valence-corrected chi connectivity index (χ0v) is 22.1. The molecular weight excluding hydrogens is 498 g/mol. The SMILES string of the molecule is C=S(=O)(NC(=O)c1cnn2ccc(N3C[C@@H](F)C[C@@H]3c3cc(F)ccc3OCC3CC3)cc12)C(C)(C)C. The first kappa shape index (κ1) is 25.5. The topological polar surface area (TPSA) is 75.9 Å². The van der Waals surface area contributed by atoms with Gasteiger partial charge in [-0.3, -0.25) is 9.52 Å². The zero-order valence-electron chi connectivity index (χ0n) is 21.2. The van der Waals surface area contributed by atoms with Crippen molar-refractivity contribution in [3.05, 3.63) is 59.7 Å². The van der Waals surface area contributed by atoms with Gasteiger partial charge in [0.05, 0.1) is 39.6 Å². The number of rotatable bonds is 7. The molecule has 3 heterocycles. The summed E-state index contributed by atoms with van der Waals surface area (Å²) in [5.41, 5.74) is 1.98. The number of nitrogens with one attached hydrogen (secondary N) is 1. The van der Waals surface area contributed by atoms with Crippen LogP contribution in [-0.4, -0.2) is 49.7 Å². The summed E-state index contributed by atoms with van der Waals surface area (Å²) in [7, 11) is -2.93. The van der Waals surface area contributed by atoms with E-state index in [1.165, 1.54) is 22.8 Å². The molecule has 1 amide bonds. The van der Waals surface area contributed by atoms with Crippen molar-refractivity contribution in [3.8, 4) is 5.75 Å². The van der Waals surface area contributed by atoms with E-state index in [4.69, 9.17) is 4.74 Å². The summed E-state index contributed by atoms with van der Waals surface area (Å²) in [6.45, 7) is 5.91. The van der Waals surface area contributed by atoms with Gasteiger partial charge in [-0.2, -0.15) is 5.10 Å². The van der Waals surface area contributed by atoms with Crippen LogP contribution >= 0.6 is 0 Å². The van der Waals surface area contributed by atoms with Crippen molar-refractivity contribution in [2.24, 2.45) is 5.92 Å². The molecule has 1 aromatic carbocycles. The zero-order chi connectivity index (χ0) is 26.5. The molecule has 0 spiro atoms. The van der Waals surface area contributed by atoms with Crippen LogP contribution < -0.4 is 14.4 Å². The second-order valence-electron chi connectivity index (χ2n) is 10.9. The molecule has 5 rings (SSSR count). The van der Waals surface area contributed by atoms with Crippen LogP contribution in [0.2, 0.25) is 0 Å². The van der Waals surface area contributed by atoms with Gasteiger partial charge in [0, 0.05) is 35.2 Å². The normalized spacial score (nSPS) is 21.7. The van der Waals surface area contributed by atoms with Crippen molar-refractivity contribution in [1.82, 2.24) is 14.3 Å². The van der Waals surface area contributed by atoms with Crippen LogP contribution in [-0.2, 0) is 9.71 Å². The highest BCUT2D eigenvalue weighted by molar-refractivity contribution is 8.00. The molecule has 7 nitrogen and oxygen atoms in total. The van der Waals surface area contributed by atoms with Crippen LogP contribution in [0.1, 0.15) is 62.0 Å². The fraction of sp³-hybridized carbons (Fsp3) is 0.444. The van der Waals surface area contributed by atoms with Gasteiger partial charge in [-0.1, -0.05) is 0 Å². The molecule has 1 unspecified atom stereocenters. The summed E-state index contributed by atoms with van der Waals surface area (Å²) in [4.78, 5) is 14.9. The van der Waals surface area contributed by atoms with Crippen LogP contribution in [0.15, 0.2) is 42.7 Å². The molecule has 3 atom stereocenters. The van der Waals surface area contributed by atoms with Gasteiger partial charge >= 0.3 is 0 Å². The first-order valence-electron chi connectivity index (χ1n) is 12.4. The van der Waals surface area contributed by atoms with Crippen molar-refractivity contribution >= 4 is 32.7 Å². The number of benzene rings is 1. The summed E-state index contributed by atoms with van der Waals surface area (Å²) in [5, 5.41) is 4.24. The van der Waals surface area contributed by atoms with Crippen molar-refractivity contribution in [2.75, 3.05) is 18.1 Å². The summed E-state index contributed by atoms with van der Waals surface area (Å²) in [5.74, 6) is 3.85. The van der Waals surface area contributed by atoms with E-state index in [-0.39, 0.29) is 18.5 Å². The fourth-order valence-corrected chi connectivity index (χ4v) is 5.16. The summed E-state index contributed by atoms with van der Waals surface area (Å²) in [6, 6.07) is 7.49. The van der Waals surface area contributed by atoms with E-state index >= 15 is 0 Å². The third-order valence-electron chi connectivity index (χ3n) is 7.08. The Kier molecular flexibility index (Phi) is 6.42. The van der Waals surface area contributed by atoms with Gasteiger partial charge in [-0.15, -0.1) is 0 Å². The van der Waals surface area contributed by atoms with Crippen molar-refractivity contribution < 1.29 is 22.5 Å². The minimum absolute atomic E-state index is 0.117. The second-order valence-corrected chi connectivity index (χ2v) is 13.7. The standard InChI is InChI=1S/C27H32F2N4O3S/c1-27(2,3)37(4,35)31-26(34)22-14-30-33-10-9-20(13-24(22)33)32-15-19(29)12-23(32)21-11-18(28)7-8-25(21)36-16-17-5-6-17/h7-11,13-14,17,19,23H,4-6,12,15-16H2,1-3H3,(H,31,34,35)/t19-,23+,37?/m0/s1. The maximum absolute atomic E-state index is 14.8. The van der Waals surface area contributed by atoms with E-state index in [1.54, 1.807) is 45.2 Å². The monoisotopic (exact) mass is 530 g/mol. The van der Waals surface area contributed by atoms with Crippen LogP contribution in [0.25, 0.3) is 5.52 Å². The fourth-order valence-electron chi connectivity index (χ4n) is 4.45. The largest absolute Gasteiger partial charge is 0.493 e. The molecule has 1 aliphatic heterocycles. The number of hydrogen-bond acceptors (Lipinski definition) is 5. The number of ether oxygens (including phenoxy) is 1. The molecular formula is C27H32F2N4O3S. The van der Waals surface area contributed by atoms with Crippen LogP contribution in [0.4, 0.5) is 14.5 Å². The molecule has 1 saturated heterocycles. The number of anilines is 1. The van der Waals surface area contributed by atoms with Gasteiger partial charge in [-0.05, 0) is 75.7 Å². The van der Waals surface area contributed by atoms with Crippen LogP contribution in [0.5, 0.6) is 5.75 Å². The Morgan fingerprint density at radius 1 is 1.27 bits per heavy atom. The van der Waals surface area contributed by atoms with Crippen molar-refractivity contribution in [3.63, 3.8) is 0 Å². The van der Waals surface area contributed by atoms with E-state index in [9.17, 15) is 17.8 Å². The maximum atomic E-state index is 14.8. The van der Waals surface area contributed by atoms with Crippen LogP contribution in [0, 0.1) is 11.7 Å². The lowest BCUT2D eigenvalue weighted by molar-refractivity contribution is 0.0983. The number of pyridine rings is 1. The Morgan fingerprint density at radius 3 is 2.73 bits per heavy atom. The molecule has 3 aromatic rings. The van der Waals surface area contributed by atoms with Gasteiger partial charge in [0.2, 0.25) is 0 Å². The molecule has 1 aliphatic carbocycles. The minimum Gasteiger partial charge on any atom is -0.493 e. The molecule has 0 bridgehead atoms. The van der Waals surface area contributed by atoms with Gasteiger partial charge < -0.3 is 9.64 Å². The lowest BCUT2D eigenvalue weighted by Gasteiger charge is -2.28. The van der Waals surface area contributed by atoms with Gasteiger partial charge in [0.15, 0.2) is 0 Å². The Balaban J connectivity index is 1.48. The first-order valence-corrected chi connectivity index (χ1v) is 14.1. The van der Waals surface area contributed by atoms with E-state index in [0.29, 0.717) is 35.0 Å². The van der Waals surface area contributed by atoms with Crippen LogP contribution in [0.3, 0.4) is 0 Å². The number of carbonyl (C=O) groups excluding carboxylic acids is 1. The lowest BCUT2D eigenvalue weighted by Crippen LogP contribution is -2.42. The quantitative estimate of drug-likeness (QED) is 0.448. The number of carbonyl (C=O) groups is 1. The Hall–Kier alpha value is -3.14. The predicted octanol–water partition coefficient (Wildman–Crippen LogP) is 4.71. The van der Waals surface area contributed by atoms with E-state index in [2.05, 4.69) is 15.7 Å². The lowest BCUT2D eigenvalue weighted by atomic mass is 10.0. The molecule has 2 fully saturated rings. The Morgan fingerprint density at radius 2 is 2.03 bits per heavy atom. The summed E-state index contributed by atoms with van der Waals surface area (Å²) in [6.07, 6.45) is 4.41. The number of alkyl halides is 1. The third-order valence-corrected chi connectivity index (χ3v) is 9.57. The third kappa shape index (κ3) is 5.16. The van der Waals surface area contributed by atoms with Gasteiger partial charge in [0.25, 0.3) is 5.91 Å². The molecule has 0 radical (unpaired) electrons. The van der Waals surface area contributed by atoms with E-state index in [0.717, 1.165) is 12.8 Å². The van der Waals surface area contributed by atoms with E-state index in [1.807, 2.05) is 4.90 Å². The van der Waals surface area contributed by atoms with Crippen molar-refractivity contribution in [1.29, 1.82) is 0 Å². The summed E-state index contributed by atoms with van der Waals surface area (Å²) < 4.78 is 51.5. The molecule has 37 heavy (non-hydrogen) atoms. The number of aromatic nitrogens is 2. The second kappa shape index (κ2) is 9.31. The highest BCUT2D eigenvalue weighted by Gasteiger charge is 2.36.